The van der Waals surface area contributed by atoms with Crippen LogP contribution in [0.25, 0.3) is 0 Å². The molecule has 0 aromatic carbocycles. The first-order valence-electron chi connectivity index (χ1n) is 13.7. The zero-order valence-electron chi connectivity index (χ0n) is 22.8. The molecule has 2 rings (SSSR count). The lowest BCUT2D eigenvalue weighted by atomic mass is 10.0. The highest BCUT2D eigenvalue weighted by molar-refractivity contribution is 5.91. The number of hydrogen-bond acceptors (Lipinski definition) is 6. The lowest BCUT2D eigenvalue weighted by molar-refractivity contribution is -0.145. The first-order chi connectivity index (χ1) is 16.9. The summed E-state index contributed by atoms with van der Waals surface area (Å²) >= 11 is 0. The third-order valence-corrected chi connectivity index (χ3v) is 7.09. The average molecular weight is 510 g/mol. The third-order valence-electron chi connectivity index (χ3n) is 7.09. The Morgan fingerprint density at radius 3 is 2.31 bits per heavy atom. The second kappa shape index (κ2) is 13.8. The van der Waals surface area contributed by atoms with Gasteiger partial charge in [-0.3, -0.25) is 14.4 Å². The number of primary amides is 1. The number of ether oxygens (including phenoxy) is 2. The van der Waals surface area contributed by atoms with E-state index in [-0.39, 0.29) is 23.7 Å². The van der Waals surface area contributed by atoms with Gasteiger partial charge in [0, 0.05) is 6.54 Å². The molecule has 9 heteroatoms. The fourth-order valence-electron chi connectivity index (χ4n) is 5.10. The highest BCUT2D eigenvalue weighted by atomic mass is 16.6. The van der Waals surface area contributed by atoms with Crippen molar-refractivity contribution in [3.05, 3.63) is 0 Å². The van der Waals surface area contributed by atoms with Crippen molar-refractivity contribution >= 4 is 23.9 Å². The number of carbonyl (C=O) groups is 4. The standard InChI is InChI=1S/C27H47N3O6/c1-6-35-25(33)20-17-19(20)13-11-9-7-8-10-12-14-21(29-26(34)36-27(3,4)5)24(32)30-16-15-18(2)22(30)23(28)31/h18-22H,6-17H2,1-5H3,(H2,28,31)(H,29,34). The third kappa shape index (κ3) is 9.62. The molecule has 5 unspecified atom stereocenters. The van der Waals surface area contributed by atoms with Crippen LogP contribution in [0.2, 0.25) is 0 Å². The second-order valence-corrected chi connectivity index (χ2v) is 11.4. The SMILES string of the molecule is CCOC(=O)C1CC1CCCCCCCCC(NC(=O)OC(C)(C)C)C(=O)N1CCC(C)C1C(N)=O. The van der Waals surface area contributed by atoms with Crippen LogP contribution in [0.1, 0.15) is 98.8 Å². The van der Waals surface area contributed by atoms with E-state index in [1.54, 1.807) is 20.8 Å². The van der Waals surface area contributed by atoms with E-state index in [9.17, 15) is 19.2 Å². The number of carbonyl (C=O) groups excluding carboxylic acids is 4. The Morgan fingerprint density at radius 1 is 1.06 bits per heavy atom. The van der Waals surface area contributed by atoms with Gasteiger partial charge in [0.2, 0.25) is 11.8 Å². The Labute approximate surface area is 216 Å². The van der Waals surface area contributed by atoms with Crippen LogP contribution in [0.15, 0.2) is 0 Å². The summed E-state index contributed by atoms with van der Waals surface area (Å²) in [6, 6.07) is -1.39. The van der Waals surface area contributed by atoms with Gasteiger partial charge in [0.05, 0.1) is 12.5 Å². The maximum absolute atomic E-state index is 13.3. The minimum atomic E-state index is -0.748. The molecule has 3 amide bonds. The van der Waals surface area contributed by atoms with Crippen LogP contribution in [-0.2, 0) is 23.9 Å². The molecule has 9 nitrogen and oxygen atoms in total. The Balaban J connectivity index is 1.75. The van der Waals surface area contributed by atoms with E-state index in [2.05, 4.69) is 5.32 Å². The lowest BCUT2D eigenvalue weighted by Gasteiger charge is -2.29. The summed E-state index contributed by atoms with van der Waals surface area (Å²) in [5.41, 5.74) is 4.90. The molecule has 1 aliphatic heterocycles. The van der Waals surface area contributed by atoms with Crippen LogP contribution in [0.5, 0.6) is 0 Å². The molecule has 206 valence electrons. The number of nitrogens with one attached hydrogen (secondary N) is 1. The number of nitrogens with two attached hydrogens (primary N) is 1. The average Bonchev–Trinajstić information content (AvgIpc) is 3.45. The Kier molecular flexibility index (Phi) is 11.5. The van der Waals surface area contributed by atoms with Crippen molar-refractivity contribution in [3.63, 3.8) is 0 Å². The molecule has 1 saturated carbocycles. The molecule has 36 heavy (non-hydrogen) atoms. The predicted octanol–water partition coefficient (Wildman–Crippen LogP) is 3.92. The van der Waals surface area contributed by atoms with Crippen LogP contribution >= 0.6 is 0 Å². The van der Waals surface area contributed by atoms with E-state index >= 15 is 0 Å². The van der Waals surface area contributed by atoms with Gasteiger partial charge in [-0.1, -0.05) is 45.4 Å². The van der Waals surface area contributed by atoms with Crippen molar-refractivity contribution in [1.29, 1.82) is 0 Å². The number of unbranched alkanes of at least 4 members (excludes halogenated alkanes) is 5. The van der Waals surface area contributed by atoms with E-state index in [0.29, 0.717) is 31.9 Å². The summed E-state index contributed by atoms with van der Waals surface area (Å²) in [5.74, 6) is -0.218. The maximum atomic E-state index is 13.3. The monoisotopic (exact) mass is 509 g/mol. The fourth-order valence-corrected chi connectivity index (χ4v) is 5.10. The van der Waals surface area contributed by atoms with E-state index in [1.807, 2.05) is 13.8 Å². The molecule has 0 bridgehead atoms. The molecule has 0 spiro atoms. The van der Waals surface area contributed by atoms with E-state index < -0.39 is 29.7 Å². The van der Waals surface area contributed by atoms with Gasteiger partial charge >= 0.3 is 12.1 Å². The van der Waals surface area contributed by atoms with Crippen LogP contribution in [0.4, 0.5) is 4.79 Å². The highest BCUT2D eigenvalue weighted by Gasteiger charge is 2.43. The molecule has 0 aromatic rings. The zero-order chi connectivity index (χ0) is 26.9. The van der Waals surface area contributed by atoms with Gasteiger partial charge in [0.15, 0.2) is 0 Å². The fraction of sp³-hybridized carbons (Fsp3) is 0.852. The number of alkyl carbamates (subject to hydrolysis) is 1. The summed E-state index contributed by atoms with van der Waals surface area (Å²) in [6.45, 7) is 9.98. The van der Waals surface area contributed by atoms with E-state index in [1.165, 1.54) is 4.90 Å². The molecule has 0 radical (unpaired) electrons. The van der Waals surface area contributed by atoms with Gasteiger partial charge in [-0.25, -0.2) is 4.79 Å². The molecule has 3 N–H and O–H groups in total. The first-order valence-corrected chi connectivity index (χ1v) is 13.7. The number of nitrogens with zero attached hydrogens (tertiary/aromatic N) is 1. The molecule has 5 atom stereocenters. The van der Waals surface area contributed by atoms with Crippen molar-refractivity contribution in [2.75, 3.05) is 13.2 Å². The number of likely N-dealkylation sites (tertiary alicyclic amines) is 1. The van der Waals surface area contributed by atoms with Crippen LogP contribution in [0, 0.1) is 17.8 Å². The number of esters is 1. The normalized spacial score (nSPS) is 24.2. The van der Waals surface area contributed by atoms with Gasteiger partial charge in [-0.15, -0.1) is 0 Å². The van der Waals surface area contributed by atoms with Crippen LogP contribution < -0.4 is 11.1 Å². The molecule has 2 aliphatic rings. The van der Waals surface area contributed by atoms with E-state index in [4.69, 9.17) is 15.2 Å². The number of rotatable bonds is 14. The smallest absolute Gasteiger partial charge is 0.408 e. The van der Waals surface area contributed by atoms with Gasteiger partial charge in [-0.05, 0) is 65.2 Å². The predicted molar refractivity (Wildman–Crippen MR) is 137 cm³/mol. The lowest BCUT2D eigenvalue weighted by Crippen LogP contribution is -2.54. The summed E-state index contributed by atoms with van der Waals surface area (Å²) in [6.07, 6.45) is 8.71. The second-order valence-electron chi connectivity index (χ2n) is 11.4. The van der Waals surface area contributed by atoms with Crippen LogP contribution in [-0.4, -0.2) is 59.6 Å². The van der Waals surface area contributed by atoms with Gasteiger partial charge < -0.3 is 25.4 Å². The molecular weight excluding hydrogens is 462 g/mol. The summed E-state index contributed by atoms with van der Waals surface area (Å²) in [4.78, 5) is 50.9. The highest BCUT2D eigenvalue weighted by Crippen LogP contribution is 2.43. The summed E-state index contributed by atoms with van der Waals surface area (Å²) in [7, 11) is 0. The minimum Gasteiger partial charge on any atom is -0.466 e. The molecule has 0 aromatic heterocycles. The Morgan fingerprint density at radius 2 is 1.69 bits per heavy atom. The maximum Gasteiger partial charge on any atom is 0.408 e. The number of hydrogen-bond donors (Lipinski definition) is 2. The quantitative estimate of drug-likeness (QED) is 0.270. The van der Waals surface area contributed by atoms with Gasteiger partial charge in [0.25, 0.3) is 0 Å². The summed E-state index contributed by atoms with van der Waals surface area (Å²) in [5, 5.41) is 2.74. The van der Waals surface area contributed by atoms with Crippen molar-refractivity contribution in [2.45, 2.75) is 117 Å². The Bertz CT molecular complexity index is 765. The first kappa shape index (κ1) is 29.9. The van der Waals surface area contributed by atoms with Crippen LogP contribution in [0.3, 0.4) is 0 Å². The van der Waals surface area contributed by atoms with Crippen molar-refractivity contribution in [2.24, 2.45) is 23.5 Å². The minimum absolute atomic E-state index is 0.00293. The molecule has 1 heterocycles. The van der Waals surface area contributed by atoms with Crippen molar-refractivity contribution in [3.8, 4) is 0 Å². The topological polar surface area (TPSA) is 128 Å². The van der Waals surface area contributed by atoms with E-state index in [0.717, 1.165) is 51.4 Å². The van der Waals surface area contributed by atoms with Gasteiger partial charge in [0.1, 0.15) is 17.7 Å². The van der Waals surface area contributed by atoms with Crippen molar-refractivity contribution < 1.29 is 28.7 Å². The zero-order valence-corrected chi connectivity index (χ0v) is 22.8. The molecule has 2 fully saturated rings. The number of amides is 3. The molecular formula is C27H47N3O6. The summed E-state index contributed by atoms with van der Waals surface area (Å²) < 4.78 is 10.5. The molecule has 1 aliphatic carbocycles. The van der Waals surface area contributed by atoms with Crippen molar-refractivity contribution in [1.82, 2.24) is 10.2 Å². The van der Waals surface area contributed by atoms with Gasteiger partial charge in [-0.2, -0.15) is 0 Å². The molecule has 1 saturated heterocycles. The largest absolute Gasteiger partial charge is 0.466 e. The Hall–Kier alpha value is -2.32.